The molecule has 2 atom stereocenters. The molecule has 0 aliphatic heterocycles. The number of hydrogen-bond acceptors (Lipinski definition) is 5. The van der Waals surface area contributed by atoms with Crippen LogP contribution in [0.3, 0.4) is 0 Å². The summed E-state index contributed by atoms with van der Waals surface area (Å²) in [5.74, 6) is 0.106. The normalized spacial score (nSPS) is 22.5. The maximum atomic E-state index is 11.0. The fourth-order valence-electron chi connectivity index (χ4n) is 2.21. The molecule has 1 aliphatic rings. The van der Waals surface area contributed by atoms with E-state index >= 15 is 0 Å². The number of nitro benzene ring substituents is 1. The van der Waals surface area contributed by atoms with Crippen molar-refractivity contribution in [2.75, 3.05) is 0 Å². The molecule has 1 N–H and O–H groups in total. The standard InChI is InChI=1S/C13H14N2O4/c14-8-9-5-6-12(10(7-9)15(17)18)19-13-4-2-1-3-11(13)16/h5-7,11,13,16H,1-4H2/t11-,13+/m1/s1. The van der Waals surface area contributed by atoms with Gasteiger partial charge in [0.2, 0.25) is 0 Å². The Kier molecular flexibility index (Phi) is 3.97. The van der Waals surface area contributed by atoms with E-state index in [4.69, 9.17) is 10.00 Å². The average Bonchev–Trinajstić information content (AvgIpc) is 2.41. The second kappa shape index (κ2) is 5.67. The molecular formula is C13H14N2O4. The fraction of sp³-hybridized carbons (Fsp3) is 0.462. The van der Waals surface area contributed by atoms with E-state index in [1.165, 1.54) is 18.2 Å². The summed E-state index contributed by atoms with van der Waals surface area (Å²) in [6, 6.07) is 5.92. The summed E-state index contributed by atoms with van der Waals surface area (Å²) in [6.07, 6.45) is 2.19. The Labute approximate surface area is 110 Å². The zero-order valence-corrected chi connectivity index (χ0v) is 10.3. The van der Waals surface area contributed by atoms with Gasteiger partial charge in [-0.3, -0.25) is 10.1 Å². The van der Waals surface area contributed by atoms with Crippen LogP contribution in [0.25, 0.3) is 0 Å². The minimum Gasteiger partial charge on any atom is -0.481 e. The molecule has 1 aliphatic carbocycles. The number of nitrogens with zero attached hydrogens (tertiary/aromatic N) is 2. The van der Waals surface area contributed by atoms with Crippen molar-refractivity contribution in [3.05, 3.63) is 33.9 Å². The minimum atomic E-state index is -0.594. The van der Waals surface area contributed by atoms with Gasteiger partial charge in [-0.15, -0.1) is 0 Å². The molecular weight excluding hydrogens is 248 g/mol. The summed E-state index contributed by atoms with van der Waals surface area (Å²) in [7, 11) is 0. The lowest BCUT2D eigenvalue weighted by atomic mass is 9.95. The van der Waals surface area contributed by atoms with Crippen molar-refractivity contribution in [2.24, 2.45) is 0 Å². The predicted octanol–water partition coefficient (Wildman–Crippen LogP) is 2.15. The van der Waals surface area contributed by atoms with E-state index in [1.807, 2.05) is 6.07 Å². The fourth-order valence-corrected chi connectivity index (χ4v) is 2.21. The van der Waals surface area contributed by atoms with Crippen molar-refractivity contribution in [2.45, 2.75) is 37.9 Å². The first-order chi connectivity index (χ1) is 9.11. The van der Waals surface area contributed by atoms with E-state index in [-0.39, 0.29) is 17.0 Å². The molecule has 0 bridgehead atoms. The van der Waals surface area contributed by atoms with Crippen molar-refractivity contribution in [1.82, 2.24) is 0 Å². The van der Waals surface area contributed by atoms with Gasteiger partial charge in [0, 0.05) is 6.07 Å². The highest BCUT2D eigenvalue weighted by Crippen LogP contribution is 2.31. The van der Waals surface area contributed by atoms with Crippen LogP contribution in [0.2, 0.25) is 0 Å². The highest BCUT2D eigenvalue weighted by molar-refractivity contribution is 5.51. The predicted molar refractivity (Wildman–Crippen MR) is 66.7 cm³/mol. The minimum absolute atomic E-state index is 0.106. The van der Waals surface area contributed by atoms with Gasteiger partial charge in [-0.1, -0.05) is 6.42 Å². The van der Waals surface area contributed by atoms with Crippen LogP contribution in [0.1, 0.15) is 31.2 Å². The largest absolute Gasteiger partial charge is 0.481 e. The van der Waals surface area contributed by atoms with Crippen LogP contribution in [0.4, 0.5) is 5.69 Å². The van der Waals surface area contributed by atoms with Crippen molar-refractivity contribution in [1.29, 1.82) is 5.26 Å². The van der Waals surface area contributed by atoms with E-state index in [0.717, 1.165) is 12.8 Å². The van der Waals surface area contributed by atoms with Gasteiger partial charge in [0.15, 0.2) is 5.75 Å². The number of nitro groups is 1. The van der Waals surface area contributed by atoms with E-state index in [1.54, 1.807) is 0 Å². The first-order valence-corrected chi connectivity index (χ1v) is 6.15. The molecule has 0 heterocycles. The molecule has 1 saturated carbocycles. The number of nitriles is 1. The lowest BCUT2D eigenvalue weighted by Gasteiger charge is -2.27. The van der Waals surface area contributed by atoms with Gasteiger partial charge in [-0.2, -0.15) is 5.26 Å². The Balaban J connectivity index is 2.24. The van der Waals surface area contributed by atoms with E-state index in [0.29, 0.717) is 12.8 Å². The molecule has 2 rings (SSSR count). The molecule has 0 amide bonds. The lowest BCUT2D eigenvalue weighted by molar-refractivity contribution is -0.386. The molecule has 1 aromatic rings. The van der Waals surface area contributed by atoms with Crippen LogP contribution >= 0.6 is 0 Å². The summed E-state index contributed by atoms with van der Waals surface area (Å²) in [6.45, 7) is 0. The third-order valence-electron chi connectivity index (χ3n) is 3.23. The van der Waals surface area contributed by atoms with Gasteiger partial charge in [0.1, 0.15) is 6.10 Å². The van der Waals surface area contributed by atoms with E-state index < -0.39 is 17.1 Å². The van der Waals surface area contributed by atoms with Crippen molar-refractivity contribution < 1.29 is 14.8 Å². The second-order valence-corrected chi connectivity index (χ2v) is 4.56. The van der Waals surface area contributed by atoms with Crippen LogP contribution in [0.15, 0.2) is 18.2 Å². The third-order valence-corrected chi connectivity index (χ3v) is 3.23. The Morgan fingerprint density at radius 2 is 2.16 bits per heavy atom. The number of rotatable bonds is 3. The maximum absolute atomic E-state index is 11.0. The molecule has 6 nitrogen and oxygen atoms in total. The van der Waals surface area contributed by atoms with Crippen LogP contribution in [0.5, 0.6) is 5.75 Å². The van der Waals surface area contributed by atoms with E-state index in [9.17, 15) is 15.2 Å². The zero-order chi connectivity index (χ0) is 13.8. The highest BCUT2D eigenvalue weighted by Gasteiger charge is 2.27. The van der Waals surface area contributed by atoms with Gasteiger partial charge < -0.3 is 9.84 Å². The van der Waals surface area contributed by atoms with Crippen LogP contribution in [-0.2, 0) is 0 Å². The molecule has 0 unspecified atom stereocenters. The van der Waals surface area contributed by atoms with Gasteiger partial charge >= 0.3 is 5.69 Å². The number of hydrogen-bond donors (Lipinski definition) is 1. The molecule has 1 aromatic carbocycles. The Morgan fingerprint density at radius 3 is 2.79 bits per heavy atom. The van der Waals surface area contributed by atoms with E-state index in [2.05, 4.69) is 0 Å². The lowest BCUT2D eigenvalue weighted by Crippen LogP contribution is -2.34. The third kappa shape index (κ3) is 3.01. The maximum Gasteiger partial charge on any atom is 0.312 e. The molecule has 6 heteroatoms. The van der Waals surface area contributed by atoms with Crippen molar-refractivity contribution >= 4 is 5.69 Å². The van der Waals surface area contributed by atoms with Gasteiger partial charge in [0.05, 0.1) is 22.7 Å². The molecule has 1 fully saturated rings. The average molecular weight is 262 g/mol. The topological polar surface area (TPSA) is 96.4 Å². The Bertz CT molecular complexity index is 524. The van der Waals surface area contributed by atoms with Crippen molar-refractivity contribution in [3.8, 4) is 11.8 Å². The second-order valence-electron chi connectivity index (χ2n) is 4.56. The summed E-state index contributed by atoms with van der Waals surface area (Å²) < 4.78 is 5.56. The van der Waals surface area contributed by atoms with Crippen LogP contribution < -0.4 is 4.74 Å². The quantitative estimate of drug-likeness (QED) is 0.665. The van der Waals surface area contributed by atoms with Crippen molar-refractivity contribution in [3.63, 3.8) is 0 Å². The summed E-state index contributed by atoms with van der Waals surface area (Å²) in [5.41, 5.74) is -0.0277. The Hall–Kier alpha value is -2.13. The first-order valence-electron chi connectivity index (χ1n) is 6.15. The molecule has 0 radical (unpaired) electrons. The first kappa shape index (κ1) is 13.3. The summed E-state index contributed by atoms with van der Waals surface area (Å²) in [5, 5.41) is 29.5. The number of aliphatic hydroxyl groups is 1. The van der Waals surface area contributed by atoms with Gasteiger partial charge in [-0.05, 0) is 31.4 Å². The smallest absolute Gasteiger partial charge is 0.312 e. The molecule has 0 aromatic heterocycles. The van der Waals surface area contributed by atoms with Crippen LogP contribution in [-0.4, -0.2) is 22.2 Å². The van der Waals surface area contributed by atoms with Gasteiger partial charge in [0.25, 0.3) is 0 Å². The summed E-state index contributed by atoms with van der Waals surface area (Å²) >= 11 is 0. The molecule has 0 saturated heterocycles. The summed E-state index contributed by atoms with van der Waals surface area (Å²) in [4.78, 5) is 10.4. The zero-order valence-electron chi connectivity index (χ0n) is 10.3. The van der Waals surface area contributed by atoms with Gasteiger partial charge in [-0.25, -0.2) is 0 Å². The number of ether oxygens (including phenoxy) is 1. The molecule has 0 spiro atoms. The molecule has 100 valence electrons. The Morgan fingerprint density at radius 1 is 1.42 bits per heavy atom. The monoisotopic (exact) mass is 262 g/mol. The SMILES string of the molecule is N#Cc1ccc(O[C@H]2CCCC[C@H]2O)c([N+](=O)[O-])c1. The number of benzene rings is 1. The number of aliphatic hydroxyl groups excluding tert-OH is 1. The highest BCUT2D eigenvalue weighted by atomic mass is 16.6. The van der Waals surface area contributed by atoms with Crippen LogP contribution in [0, 0.1) is 21.4 Å². The molecule has 19 heavy (non-hydrogen) atoms.